The standard InChI is InChI=1S/C17H19N3OS/c1-3-12-10-22-17-19-15(13-6-4-5-9-18-13)16(20(12)17)14-8-7-11(2)21-14/h4-9,12,15-16H,3,10H2,1-2H3/t12-,15+,16-/m1/s1. The number of hydrogen-bond acceptors (Lipinski definition) is 5. The van der Waals surface area contributed by atoms with Gasteiger partial charge in [0.2, 0.25) is 0 Å². The molecule has 1 fully saturated rings. The average molecular weight is 313 g/mol. The molecule has 0 radical (unpaired) electrons. The molecule has 4 heterocycles. The third-order valence-electron chi connectivity index (χ3n) is 4.38. The number of rotatable bonds is 3. The van der Waals surface area contributed by atoms with Crippen molar-refractivity contribution in [1.82, 2.24) is 9.88 Å². The smallest absolute Gasteiger partial charge is 0.161 e. The minimum atomic E-state index is 0.0172. The SMILES string of the molecule is CC[C@@H]1CSC2=N[C@@H](c3ccccn3)[C@@H](c3ccc(C)o3)N21. The van der Waals surface area contributed by atoms with Crippen LogP contribution in [0.5, 0.6) is 0 Å². The number of amidine groups is 1. The Hall–Kier alpha value is -1.75. The van der Waals surface area contributed by atoms with Crippen LogP contribution in [0.3, 0.4) is 0 Å². The molecule has 0 saturated carbocycles. The van der Waals surface area contributed by atoms with Gasteiger partial charge in [0.1, 0.15) is 23.6 Å². The van der Waals surface area contributed by atoms with Crippen LogP contribution in [0.15, 0.2) is 45.9 Å². The Bertz CT molecular complexity index is 697. The van der Waals surface area contributed by atoms with Crippen molar-refractivity contribution in [2.75, 3.05) is 5.75 Å². The fraction of sp³-hybridized carbons (Fsp3) is 0.412. The van der Waals surface area contributed by atoms with E-state index in [1.165, 1.54) is 0 Å². The number of pyridine rings is 1. The Labute approximate surface area is 134 Å². The zero-order valence-electron chi connectivity index (χ0n) is 12.8. The summed E-state index contributed by atoms with van der Waals surface area (Å²) in [4.78, 5) is 12.0. The van der Waals surface area contributed by atoms with Gasteiger partial charge in [0.05, 0.1) is 5.69 Å². The van der Waals surface area contributed by atoms with Gasteiger partial charge in [-0.25, -0.2) is 4.99 Å². The molecule has 0 N–H and O–H groups in total. The highest BCUT2D eigenvalue weighted by Gasteiger charge is 2.46. The summed E-state index contributed by atoms with van der Waals surface area (Å²) in [6, 6.07) is 10.8. The van der Waals surface area contributed by atoms with Gasteiger partial charge < -0.3 is 9.32 Å². The molecule has 114 valence electrons. The first-order valence-corrected chi connectivity index (χ1v) is 8.72. The number of aryl methyl sites for hydroxylation is 1. The molecule has 4 rings (SSSR count). The van der Waals surface area contributed by atoms with Crippen LogP contribution in [0.1, 0.15) is 42.6 Å². The fourth-order valence-corrected chi connectivity index (χ4v) is 4.61. The maximum Gasteiger partial charge on any atom is 0.161 e. The summed E-state index contributed by atoms with van der Waals surface area (Å²) in [7, 11) is 0. The number of thioether (sulfide) groups is 1. The maximum absolute atomic E-state index is 5.97. The van der Waals surface area contributed by atoms with E-state index in [2.05, 4.69) is 28.9 Å². The lowest BCUT2D eigenvalue weighted by molar-refractivity contribution is 0.223. The first kappa shape index (κ1) is 13.9. The lowest BCUT2D eigenvalue weighted by atomic mass is 10.0. The second-order valence-electron chi connectivity index (χ2n) is 5.78. The van der Waals surface area contributed by atoms with E-state index in [4.69, 9.17) is 9.41 Å². The molecule has 2 aliphatic heterocycles. The molecule has 5 heteroatoms. The van der Waals surface area contributed by atoms with Crippen molar-refractivity contribution in [3.63, 3.8) is 0 Å². The van der Waals surface area contributed by atoms with Crippen LogP contribution in [0, 0.1) is 6.92 Å². The minimum absolute atomic E-state index is 0.0172. The number of fused-ring (bicyclic) bond motifs is 1. The average Bonchev–Trinajstić information content (AvgIpc) is 3.22. The zero-order valence-corrected chi connectivity index (χ0v) is 13.6. The topological polar surface area (TPSA) is 41.6 Å². The van der Waals surface area contributed by atoms with Crippen molar-refractivity contribution in [3.8, 4) is 0 Å². The summed E-state index contributed by atoms with van der Waals surface area (Å²) in [5.74, 6) is 3.05. The predicted octanol–water partition coefficient (Wildman–Crippen LogP) is 3.96. The van der Waals surface area contributed by atoms with Gasteiger partial charge >= 0.3 is 0 Å². The predicted molar refractivity (Wildman–Crippen MR) is 89.0 cm³/mol. The molecule has 0 spiro atoms. The van der Waals surface area contributed by atoms with Crippen molar-refractivity contribution < 1.29 is 4.42 Å². The van der Waals surface area contributed by atoms with E-state index in [-0.39, 0.29) is 12.1 Å². The zero-order chi connectivity index (χ0) is 15.1. The molecule has 0 aliphatic carbocycles. The van der Waals surface area contributed by atoms with Crippen LogP contribution in [-0.2, 0) is 0 Å². The highest BCUT2D eigenvalue weighted by molar-refractivity contribution is 8.14. The van der Waals surface area contributed by atoms with Crippen LogP contribution >= 0.6 is 11.8 Å². The summed E-state index contributed by atoms with van der Waals surface area (Å²) < 4.78 is 5.97. The highest BCUT2D eigenvalue weighted by Crippen LogP contribution is 2.48. The summed E-state index contributed by atoms with van der Waals surface area (Å²) in [6.07, 6.45) is 2.96. The van der Waals surface area contributed by atoms with Crippen LogP contribution in [0.25, 0.3) is 0 Å². The second-order valence-corrected chi connectivity index (χ2v) is 6.77. The van der Waals surface area contributed by atoms with Gasteiger partial charge in [-0.3, -0.25) is 4.98 Å². The molecule has 0 amide bonds. The highest BCUT2D eigenvalue weighted by atomic mass is 32.2. The summed E-state index contributed by atoms with van der Waals surface area (Å²) in [6.45, 7) is 4.23. The van der Waals surface area contributed by atoms with Gasteiger partial charge in [0.25, 0.3) is 0 Å². The third kappa shape index (κ3) is 2.15. The van der Waals surface area contributed by atoms with E-state index in [9.17, 15) is 0 Å². The van der Waals surface area contributed by atoms with Crippen molar-refractivity contribution >= 4 is 16.9 Å². The molecule has 0 aromatic carbocycles. The van der Waals surface area contributed by atoms with Gasteiger partial charge in [-0.05, 0) is 37.6 Å². The quantitative estimate of drug-likeness (QED) is 0.860. The minimum Gasteiger partial charge on any atom is -0.464 e. The molecule has 2 aromatic rings. The van der Waals surface area contributed by atoms with E-state index in [0.29, 0.717) is 6.04 Å². The Morgan fingerprint density at radius 3 is 2.91 bits per heavy atom. The number of hydrogen-bond donors (Lipinski definition) is 0. The molecule has 2 aromatic heterocycles. The summed E-state index contributed by atoms with van der Waals surface area (Å²) >= 11 is 1.86. The van der Waals surface area contributed by atoms with Crippen LogP contribution < -0.4 is 0 Å². The molecule has 3 atom stereocenters. The lowest BCUT2D eigenvalue weighted by Crippen LogP contribution is -2.35. The molecule has 2 aliphatic rings. The van der Waals surface area contributed by atoms with E-state index < -0.39 is 0 Å². The monoisotopic (exact) mass is 313 g/mol. The van der Waals surface area contributed by atoms with Gasteiger partial charge in [-0.15, -0.1) is 0 Å². The Balaban J connectivity index is 1.78. The van der Waals surface area contributed by atoms with E-state index in [1.54, 1.807) is 0 Å². The first-order chi connectivity index (χ1) is 10.8. The maximum atomic E-state index is 5.97. The van der Waals surface area contributed by atoms with E-state index >= 15 is 0 Å². The van der Waals surface area contributed by atoms with Gasteiger partial charge in [-0.1, -0.05) is 24.8 Å². The first-order valence-electron chi connectivity index (χ1n) is 7.74. The van der Waals surface area contributed by atoms with Gasteiger partial charge in [0.15, 0.2) is 5.17 Å². The summed E-state index contributed by atoms with van der Waals surface area (Å²) in [5.41, 5.74) is 1.01. The van der Waals surface area contributed by atoms with Crippen molar-refractivity contribution in [3.05, 3.63) is 53.7 Å². The molecular formula is C17H19N3OS. The van der Waals surface area contributed by atoms with Gasteiger partial charge in [-0.2, -0.15) is 0 Å². The molecule has 4 nitrogen and oxygen atoms in total. The van der Waals surface area contributed by atoms with Crippen molar-refractivity contribution in [1.29, 1.82) is 0 Å². The number of aromatic nitrogens is 1. The number of aliphatic imine (C=N–C) groups is 1. The van der Waals surface area contributed by atoms with E-state index in [0.717, 1.165) is 34.6 Å². The Kier molecular flexibility index (Phi) is 3.45. The second kappa shape index (κ2) is 5.47. The largest absolute Gasteiger partial charge is 0.464 e. The van der Waals surface area contributed by atoms with Crippen LogP contribution in [-0.4, -0.2) is 26.8 Å². The number of furan rings is 1. The van der Waals surface area contributed by atoms with Crippen molar-refractivity contribution in [2.45, 2.75) is 38.4 Å². The molecule has 22 heavy (non-hydrogen) atoms. The van der Waals surface area contributed by atoms with Crippen LogP contribution in [0.2, 0.25) is 0 Å². The number of nitrogens with zero attached hydrogens (tertiary/aromatic N) is 3. The normalized spacial score (nSPS) is 27.1. The van der Waals surface area contributed by atoms with Gasteiger partial charge in [0, 0.05) is 18.0 Å². The molecular weight excluding hydrogens is 294 g/mol. The molecule has 0 bridgehead atoms. The Morgan fingerprint density at radius 1 is 1.32 bits per heavy atom. The van der Waals surface area contributed by atoms with Crippen molar-refractivity contribution in [2.24, 2.45) is 4.99 Å². The lowest BCUT2D eigenvalue weighted by Gasteiger charge is -2.30. The third-order valence-corrected chi connectivity index (χ3v) is 5.51. The van der Waals surface area contributed by atoms with E-state index in [1.807, 2.05) is 43.1 Å². The fourth-order valence-electron chi connectivity index (χ4n) is 3.27. The molecule has 1 saturated heterocycles. The molecule has 0 unspecified atom stereocenters. The summed E-state index contributed by atoms with van der Waals surface area (Å²) in [5, 5.41) is 1.14. The Morgan fingerprint density at radius 2 is 2.23 bits per heavy atom. The van der Waals surface area contributed by atoms with Crippen LogP contribution in [0.4, 0.5) is 0 Å².